The molecule has 35 heavy (non-hydrogen) atoms. The van der Waals surface area contributed by atoms with Gasteiger partial charge in [-0.25, -0.2) is 4.39 Å². The molecule has 2 amide bonds. The van der Waals surface area contributed by atoms with Crippen molar-refractivity contribution in [2.24, 2.45) is 5.92 Å². The van der Waals surface area contributed by atoms with Crippen LogP contribution in [0.2, 0.25) is 0 Å². The standard InChI is InChI=1S/C29H38FN3O2/c1-29(2,3)24-13-11-23(12-14-24)28(35)33-17-15-32(16-18-33)26(22-8-4-5-9-22)27(34)31-20-21-7-6-10-25(30)19-21/h6-7,10-14,19,22,26H,4-5,8-9,15-18,20H2,1-3H3,(H,31,34). The molecule has 6 heteroatoms. The van der Waals surface area contributed by atoms with Crippen LogP contribution in [0.3, 0.4) is 0 Å². The van der Waals surface area contributed by atoms with Crippen LogP contribution < -0.4 is 5.32 Å². The minimum atomic E-state index is -0.294. The summed E-state index contributed by atoms with van der Waals surface area (Å²) in [6.07, 6.45) is 4.41. The first-order valence-corrected chi connectivity index (χ1v) is 12.9. The predicted octanol–water partition coefficient (Wildman–Crippen LogP) is 4.76. The van der Waals surface area contributed by atoms with Crippen LogP contribution >= 0.6 is 0 Å². The Kier molecular flexibility index (Phi) is 7.90. The number of carbonyl (C=O) groups is 2. The molecule has 1 saturated carbocycles. The summed E-state index contributed by atoms with van der Waals surface area (Å²) in [7, 11) is 0. The molecule has 1 atom stereocenters. The largest absolute Gasteiger partial charge is 0.351 e. The van der Waals surface area contributed by atoms with Crippen molar-refractivity contribution in [3.8, 4) is 0 Å². The average molecular weight is 480 g/mol. The van der Waals surface area contributed by atoms with E-state index < -0.39 is 0 Å². The first-order chi connectivity index (χ1) is 16.7. The lowest BCUT2D eigenvalue weighted by Crippen LogP contribution is -2.57. The molecule has 188 valence electrons. The number of halogens is 1. The van der Waals surface area contributed by atoms with Crippen molar-refractivity contribution in [3.05, 3.63) is 71.0 Å². The summed E-state index contributed by atoms with van der Waals surface area (Å²) in [6.45, 7) is 9.40. The third-order valence-electron chi connectivity index (χ3n) is 7.46. The second kappa shape index (κ2) is 10.9. The van der Waals surface area contributed by atoms with Gasteiger partial charge in [0.05, 0.1) is 6.04 Å². The van der Waals surface area contributed by atoms with Gasteiger partial charge in [0, 0.05) is 38.3 Å². The van der Waals surface area contributed by atoms with Crippen LogP contribution in [0.25, 0.3) is 0 Å². The minimum Gasteiger partial charge on any atom is -0.351 e. The number of piperazine rings is 1. The fraction of sp³-hybridized carbons (Fsp3) is 0.517. The molecular formula is C29H38FN3O2. The fourth-order valence-corrected chi connectivity index (χ4v) is 5.39. The zero-order chi connectivity index (χ0) is 25.0. The molecule has 0 bridgehead atoms. The number of rotatable bonds is 6. The van der Waals surface area contributed by atoms with Crippen molar-refractivity contribution < 1.29 is 14.0 Å². The number of benzene rings is 2. The topological polar surface area (TPSA) is 52.7 Å². The molecule has 0 aromatic heterocycles. The second-order valence-electron chi connectivity index (χ2n) is 11.0. The molecule has 1 N–H and O–H groups in total. The van der Waals surface area contributed by atoms with Gasteiger partial charge in [0.2, 0.25) is 5.91 Å². The number of carbonyl (C=O) groups excluding carboxylic acids is 2. The van der Waals surface area contributed by atoms with Crippen molar-refractivity contribution in [1.29, 1.82) is 0 Å². The number of hydrogen-bond donors (Lipinski definition) is 1. The Hall–Kier alpha value is -2.73. The first-order valence-electron chi connectivity index (χ1n) is 12.9. The highest BCUT2D eigenvalue weighted by Gasteiger charge is 2.37. The zero-order valence-corrected chi connectivity index (χ0v) is 21.2. The van der Waals surface area contributed by atoms with E-state index >= 15 is 0 Å². The van der Waals surface area contributed by atoms with Gasteiger partial charge in [-0.15, -0.1) is 0 Å². The van der Waals surface area contributed by atoms with Gasteiger partial charge in [0.25, 0.3) is 5.91 Å². The molecular weight excluding hydrogens is 441 g/mol. The molecule has 2 aromatic rings. The molecule has 2 aromatic carbocycles. The highest BCUT2D eigenvalue weighted by Crippen LogP contribution is 2.31. The lowest BCUT2D eigenvalue weighted by Gasteiger charge is -2.40. The van der Waals surface area contributed by atoms with E-state index in [0.29, 0.717) is 44.2 Å². The Morgan fingerprint density at radius 2 is 1.66 bits per heavy atom. The monoisotopic (exact) mass is 479 g/mol. The van der Waals surface area contributed by atoms with E-state index in [1.165, 1.54) is 17.7 Å². The molecule has 2 aliphatic rings. The molecule has 5 nitrogen and oxygen atoms in total. The molecule has 1 aliphatic carbocycles. The van der Waals surface area contributed by atoms with Gasteiger partial charge in [-0.1, -0.05) is 57.9 Å². The summed E-state index contributed by atoms with van der Waals surface area (Å²) >= 11 is 0. The molecule has 1 unspecified atom stereocenters. The lowest BCUT2D eigenvalue weighted by atomic mass is 9.86. The van der Waals surface area contributed by atoms with Gasteiger partial charge in [-0.05, 0) is 59.6 Å². The molecule has 0 radical (unpaired) electrons. The van der Waals surface area contributed by atoms with Gasteiger partial charge in [-0.3, -0.25) is 14.5 Å². The van der Waals surface area contributed by atoms with Gasteiger partial charge in [0.1, 0.15) is 5.82 Å². The maximum atomic E-state index is 13.5. The summed E-state index contributed by atoms with van der Waals surface area (Å²) in [5.74, 6) is 0.101. The first kappa shape index (κ1) is 25.4. The van der Waals surface area contributed by atoms with Crippen LogP contribution in [-0.4, -0.2) is 53.8 Å². The van der Waals surface area contributed by atoms with E-state index in [1.807, 2.05) is 35.2 Å². The Bertz CT molecular complexity index is 1020. The van der Waals surface area contributed by atoms with Crippen molar-refractivity contribution in [2.75, 3.05) is 26.2 Å². The van der Waals surface area contributed by atoms with Gasteiger partial charge in [0.15, 0.2) is 0 Å². The number of nitrogens with one attached hydrogen (secondary N) is 1. The van der Waals surface area contributed by atoms with E-state index in [2.05, 4.69) is 31.0 Å². The Balaban J connectivity index is 1.38. The van der Waals surface area contributed by atoms with Crippen molar-refractivity contribution >= 4 is 11.8 Å². The maximum Gasteiger partial charge on any atom is 0.253 e. The molecule has 1 heterocycles. The van der Waals surface area contributed by atoms with Crippen LogP contribution in [0, 0.1) is 11.7 Å². The molecule has 1 aliphatic heterocycles. The second-order valence-corrected chi connectivity index (χ2v) is 11.0. The third kappa shape index (κ3) is 6.29. The number of hydrogen-bond acceptors (Lipinski definition) is 3. The van der Waals surface area contributed by atoms with E-state index in [-0.39, 0.29) is 29.1 Å². The van der Waals surface area contributed by atoms with E-state index in [4.69, 9.17) is 0 Å². The summed E-state index contributed by atoms with van der Waals surface area (Å²) < 4.78 is 13.5. The van der Waals surface area contributed by atoms with Crippen LogP contribution in [0.1, 0.15) is 67.9 Å². The van der Waals surface area contributed by atoms with Crippen molar-refractivity contribution in [1.82, 2.24) is 15.1 Å². The summed E-state index contributed by atoms with van der Waals surface area (Å²) in [5.41, 5.74) is 2.74. The molecule has 1 saturated heterocycles. The minimum absolute atomic E-state index is 0.0127. The lowest BCUT2D eigenvalue weighted by molar-refractivity contribution is -0.129. The smallest absolute Gasteiger partial charge is 0.253 e. The van der Waals surface area contributed by atoms with Crippen LogP contribution in [0.15, 0.2) is 48.5 Å². The normalized spacial score (nSPS) is 18.5. The van der Waals surface area contributed by atoms with Gasteiger partial charge >= 0.3 is 0 Å². The number of nitrogens with zero attached hydrogens (tertiary/aromatic N) is 2. The Labute approximate surface area is 208 Å². The highest BCUT2D eigenvalue weighted by molar-refractivity contribution is 5.94. The van der Waals surface area contributed by atoms with Crippen LogP contribution in [0.4, 0.5) is 4.39 Å². The maximum absolute atomic E-state index is 13.5. The molecule has 2 fully saturated rings. The van der Waals surface area contributed by atoms with Gasteiger partial charge < -0.3 is 10.2 Å². The van der Waals surface area contributed by atoms with Crippen molar-refractivity contribution in [3.63, 3.8) is 0 Å². The quantitative estimate of drug-likeness (QED) is 0.650. The fourth-order valence-electron chi connectivity index (χ4n) is 5.39. The Morgan fingerprint density at radius 3 is 2.26 bits per heavy atom. The summed E-state index contributed by atoms with van der Waals surface area (Å²) in [6, 6.07) is 14.1. The third-order valence-corrected chi connectivity index (χ3v) is 7.46. The van der Waals surface area contributed by atoms with Gasteiger partial charge in [-0.2, -0.15) is 0 Å². The predicted molar refractivity (Wildman–Crippen MR) is 137 cm³/mol. The van der Waals surface area contributed by atoms with E-state index in [0.717, 1.165) is 31.2 Å². The summed E-state index contributed by atoms with van der Waals surface area (Å²) in [5, 5.41) is 3.05. The Morgan fingerprint density at radius 1 is 1.00 bits per heavy atom. The highest BCUT2D eigenvalue weighted by atomic mass is 19.1. The summed E-state index contributed by atoms with van der Waals surface area (Å²) in [4.78, 5) is 30.6. The zero-order valence-electron chi connectivity index (χ0n) is 21.2. The number of amides is 2. The van der Waals surface area contributed by atoms with Crippen LogP contribution in [0.5, 0.6) is 0 Å². The average Bonchev–Trinajstić information content (AvgIpc) is 3.37. The molecule has 4 rings (SSSR count). The van der Waals surface area contributed by atoms with E-state index in [9.17, 15) is 14.0 Å². The van der Waals surface area contributed by atoms with E-state index in [1.54, 1.807) is 6.07 Å². The van der Waals surface area contributed by atoms with Crippen LogP contribution in [-0.2, 0) is 16.8 Å². The molecule has 0 spiro atoms. The van der Waals surface area contributed by atoms with Crippen molar-refractivity contribution in [2.45, 2.75) is 64.5 Å². The SMILES string of the molecule is CC(C)(C)c1ccc(C(=O)N2CCN(C(C(=O)NCc3cccc(F)c3)C3CCCC3)CC2)cc1.